The molecule has 26 heavy (non-hydrogen) atoms. The van der Waals surface area contributed by atoms with Gasteiger partial charge in [0, 0.05) is 31.6 Å². The normalized spacial score (nSPS) is 16.4. The van der Waals surface area contributed by atoms with Gasteiger partial charge in [0.25, 0.3) is 5.88 Å². The molecule has 0 saturated carbocycles. The molecular weight excluding hydrogens is 356 g/mol. The van der Waals surface area contributed by atoms with E-state index in [1.165, 1.54) is 0 Å². The molecule has 0 amide bonds. The van der Waals surface area contributed by atoms with Gasteiger partial charge in [-0.15, -0.1) is 4.37 Å². The van der Waals surface area contributed by atoms with Crippen LogP contribution in [-0.2, 0) is 14.3 Å². The molecule has 1 saturated heterocycles. The highest BCUT2D eigenvalue weighted by Gasteiger charge is 2.23. The van der Waals surface area contributed by atoms with Crippen molar-refractivity contribution in [3.63, 3.8) is 0 Å². The fourth-order valence-electron chi connectivity index (χ4n) is 2.41. The van der Waals surface area contributed by atoms with E-state index in [9.17, 15) is 4.79 Å². The third-order valence-corrected chi connectivity index (χ3v) is 4.27. The van der Waals surface area contributed by atoms with Gasteiger partial charge in [-0.05, 0) is 27.2 Å². The molecule has 0 bridgehead atoms. The standard InChI is InChI=1S/C17H30N4O4S/c1-5-6-14(22)25-13(11-18-17(2,3)4)12-24-16-15(19-26-20-16)21-7-9-23-10-8-21/h13,18H,5-12H2,1-4H3. The van der Waals surface area contributed by atoms with E-state index in [-0.39, 0.29) is 24.2 Å². The quantitative estimate of drug-likeness (QED) is 0.644. The molecule has 0 spiro atoms. The van der Waals surface area contributed by atoms with E-state index in [2.05, 4.69) is 39.7 Å². The summed E-state index contributed by atoms with van der Waals surface area (Å²) in [5.74, 6) is 1.02. The van der Waals surface area contributed by atoms with E-state index < -0.39 is 0 Å². The number of anilines is 1. The van der Waals surface area contributed by atoms with Crippen molar-refractivity contribution in [1.82, 2.24) is 14.1 Å². The summed E-state index contributed by atoms with van der Waals surface area (Å²) in [5.41, 5.74) is -0.0729. The molecular formula is C17H30N4O4S. The molecule has 1 unspecified atom stereocenters. The zero-order valence-corrected chi connectivity index (χ0v) is 16.9. The van der Waals surface area contributed by atoms with E-state index >= 15 is 0 Å². The fraction of sp³-hybridized carbons (Fsp3) is 0.824. The SMILES string of the molecule is CCCC(=O)OC(CNC(C)(C)C)COc1nsnc1N1CCOCC1. The van der Waals surface area contributed by atoms with Crippen molar-refractivity contribution in [3.8, 4) is 5.88 Å². The van der Waals surface area contributed by atoms with Gasteiger partial charge >= 0.3 is 5.97 Å². The van der Waals surface area contributed by atoms with Crippen molar-refractivity contribution in [2.24, 2.45) is 0 Å². The predicted molar refractivity (Wildman–Crippen MR) is 101 cm³/mol. The second-order valence-electron chi connectivity index (χ2n) is 7.30. The molecule has 0 aromatic carbocycles. The van der Waals surface area contributed by atoms with Gasteiger partial charge in [-0.2, -0.15) is 4.37 Å². The lowest BCUT2D eigenvalue weighted by Gasteiger charge is -2.27. The van der Waals surface area contributed by atoms with Gasteiger partial charge in [-0.3, -0.25) is 4.79 Å². The van der Waals surface area contributed by atoms with E-state index in [4.69, 9.17) is 14.2 Å². The zero-order valence-electron chi connectivity index (χ0n) is 16.1. The Morgan fingerprint density at radius 1 is 1.35 bits per heavy atom. The Bertz CT molecular complexity index is 555. The van der Waals surface area contributed by atoms with Crippen molar-refractivity contribution >= 4 is 23.5 Å². The van der Waals surface area contributed by atoms with Gasteiger partial charge < -0.3 is 24.4 Å². The number of morpholine rings is 1. The van der Waals surface area contributed by atoms with Crippen molar-refractivity contribution in [1.29, 1.82) is 0 Å². The first-order valence-corrected chi connectivity index (χ1v) is 9.84. The average molecular weight is 387 g/mol. The zero-order chi connectivity index (χ0) is 19.0. The van der Waals surface area contributed by atoms with Crippen LogP contribution in [-0.4, -0.2) is 65.8 Å². The number of aromatic nitrogens is 2. The maximum atomic E-state index is 11.9. The Kier molecular flexibility index (Phi) is 8.05. The maximum Gasteiger partial charge on any atom is 0.306 e. The molecule has 0 aliphatic carbocycles. The summed E-state index contributed by atoms with van der Waals surface area (Å²) in [7, 11) is 0. The van der Waals surface area contributed by atoms with Crippen LogP contribution >= 0.6 is 11.7 Å². The van der Waals surface area contributed by atoms with Crippen molar-refractivity contribution < 1.29 is 19.0 Å². The third kappa shape index (κ3) is 7.05. The van der Waals surface area contributed by atoms with Gasteiger partial charge in [-0.1, -0.05) is 6.92 Å². The summed E-state index contributed by atoms with van der Waals surface area (Å²) in [6, 6.07) is 0. The first-order valence-electron chi connectivity index (χ1n) is 9.11. The van der Waals surface area contributed by atoms with Crippen LogP contribution in [0, 0.1) is 0 Å². The number of carbonyl (C=O) groups is 1. The number of hydrogen-bond acceptors (Lipinski definition) is 9. The van der Waals surface area contributed by atoms with Gasteiger partial charge in [0.1, 0.15) is 12.7 Å². The highest BCUT2D eigenvalue weighted by molar-refractivity contribution is 6.99. The minimum absolute atomic E-state index is 0.0729. The Hall–Kier alpha value is -1.45. The first kappa shape index (κ1) is 20.9. The number of nitrogens with zero attached hydrogens (tertiary/aromatic N) is 3. The number of carbonyl (C=O) groups excluding carboxylic acids is 1. The summed E-state index contributed by atoms with van der Waals surface area (Å²) in [4.78, 5) is 14.0. The maximum absolute atomic E-state index is 11.9. The van der Waals surface area contributed by atoms with E-state index in [0.717, 1.165) is 37.1 Å². The van der Waals surface area contributed by atoms with Crippen molar-refractivity contribution in [2.75, 3.05) is 44.4 Å². The lowest BCUT2D eigenvalue weighted by atomic mass is 10.1. The molecule has 1 aromatic rings. The van der Waals surface area contributed by atoms with E-state index in [0.29, 0.717) is 32.1 Å². The fourth-order valence-corrected chi connectivity index (χ4v) is 2.93. The molecule has 1 aromatic heterocycles. The van der Waals surface area contributed by atoms with Gasteiger partial charge in [0.15, 0.2) is 0 Å². The molecule has 0 radical (unpaired) electrons. The number of nitrogens with one attached hydrogen (secondary N) is 1. The monoisotopic (exact) mass is 386 g/mol. The van der Waals surface area contributed by atoms with Crippen LogP contribution in [0.5, 0.6) is 5.88 Å². The molecule has 1 N–H and O–H groups in total. The molecule has 8 nitrogen and oxygen atoms in total. The number of hydrogen-bond donors (Lipinski definition) is 1. The minimum Gasteiger partial charge on any atom is -0.470 e. The molecule has 1 aliphatic heterocycles. The summed E-state index contributed by atoms with van der Waals surface area (Å²) in [5, 5.41) is 3.36. The second-order valence-corrected chi connectivity index (χ2v) is 7.82. The van der Waals surface area contributed by atoms with Crippen LogP contribution in [0.2, 0.25) is 0 Å². The van der Waals surface area contributed by atoms with Crippen LogP contribution in [0.3, 0.4) is 0 Å². The number of ether oxygens (including phenoxy) is 3. The van der Waals surface area contributed by atoms with Gasteiger partial charge in [0.2, 0.25) is 5.82 Å². The lowest BCUT2D eigenvalue weighted by Crippen LogP contribution is -2.44. The topological polar surface area (TPSA) is 85.8 Å². The minimum atomic E-state index is -0.382. The van der Waals surface area contributed by atoms with Crippen LogP contribution in [0.4, 0.5) is 5.82 Å². The van der Waals surface area contributed by atoms with Crippen molar-refractivity contribution in [3.05, 3.63) is 0 Å². The summed E-state index contributed by atoms with van der Waals surface area (Å²) in [6.07, 6.45) is 0.784. The lowest BCUT2D eigenvalue weighted by molar-refractivity contribution is -0.150. The van der Waals surface area contributed by atoms with Crippen LogP contribution in [0.1, 0.15) is 40.5 Å². The largest absolute Gasteiger partial charge is 0.470 e. The Morgan fingerprint density at radius 3 is 2.73 bits per heavy atom. The summed E-state index contributed by atoms with van der Waals surface area (Å²) in [6.45, 7) is 11.8. The highest BCUT2D eigenvalue weighted by atomic mass is 32.1. The van der Waals surface area contributed by atoms with Crippen LogP contribution in [0.25, 0.3) is 0 Å². The molecule has 2 heterocycles. The average Bonchev–Trinajstić information content (AvgIpc) is 3.06. The van der Waals surface area contributed by atoms with E-state index in [1.54, 1.807) is 0 Å². The summed E-state index contributed by atoms with van der Waals surface area (Å²) < 4.78 is 25.4. The molecule has 1 fully saturated rings. The smallest absolute Gasteiger partial charge is 0.306 e. The molecule has 9 heteroatoms. The van der Waals surface area contributed by atoms with Gasteiger partial charge in [-0.25, -0.2) is 0 Å². The summed E-state index contributed by atoms with van der Waals surface area (Å²) >= 11 is 1.12. The van der Waals surface area contributed by atoms with E-state index in [1.807, 2.05) is 6.92 Å². The van der Waals surface area contributed by atoms with Crippen LogP contribution < -0.4 is 15.0 Å². The number of rotatable bonds is 9. The van der Waals surface area contributed by atoms with Crippen molar-refractivity contribution in [2.45, 2.75) is 52.2 Å². The Labute approximate surface area is 159 Å². The first-order chi connectivity index (χ1) is 12.4. The third-order valence-electron chi connectivity index (χ3n) is 3.77. The Balaban J connectivity index is 1.94. The molecule has 1 atom stereocenters. The highest BCUT2D eigenvalue weighted by Crippen LogP contribution is 2.26. The molecule has 1 aliphatic rings. The second kappa shape index (κ2) is 10.0. The number of esters is 1. The Morgan fingerprint density at radius 2 is 2.08 bits per heavy atom. The molecule has 2 rings (SSSR count). The molecule has 148 valence electrons. The van der Waals surface area contributed by atoms with Crippen LogP contribution in [0.15, 0.2) is 0 Å². The predicted octanol–water partition coefficient (Wildman–Crippen LogP) is 1.85. The van der Waals surface area contributed by atoms with Gasteiger partial charge in [0.05, 0.1) is 24.9 Å².